The number of aromatic nitrogens is 2. The topological polar surface area (TPSA) is 60.2 Å². The second-order valence-electron chi connectivity index (χ2n) is 4.55. The summed E-state index contributed by atoms with van der Waals surface area (Å²) in [7, 11) is 0. The first-order chi connectivity index (χ1) is 8.26. The van der Waals surface area contributed by atoms with Gasteiger partial charge < -0.3 is 14.6 Å². The molecule has 1 aromatic rings. The smallest absolute Gasteiger partial charge is 0.229 e. The number of hydrogen-bond donors (Lipinski definition) is 1. The number of nitrogens with one attached hydrogen (secondary N) is 1. The number of hydrogen-bond acceptors (Lipinski definition) is 5. The fourth-order valence-electron chi connectivity index (χ4n) is 2.01. The van der Waals surface area contributed by atoms with Crippen molar-refractivity contribution >= 4 is 0 Å². The maximum atomic E-state index is 5.57. The maximum Gasteiger partial charge on any atom is 0.229 e. The Bertz CT molecular complexity index is 333. The maximum absolute atomic E-state index is 5.57. The van der Waals surface area contributed by atoms with Crippen LogP contribution in [0.1, 0.15) is 50.9 Å². The van der Waals surface area contributed by atoms with E-state index in [1.807, 2.05) is 6.92 Å². The van der Waals surface area contributed by atoms with E-state index in [9.17, 15) is 0 Å². The summed E-state index contributed by atoms with van der Waals surface area (Å²) in [5.74, 6) is 2.38. The normalized spacial score (nSPS) is 19.9. The third kappa shape index (κ3) is 2.66. The molecule has 0 saturated carbocycles. The summed E-state index contributed by atoms with van der Waals surface area (Å²) in [6, 6.07) is 0. The molecule has 0 radical (unpaired) electrons. The van der Waals surface area contributed by atoms with Gasteiger partial charge in [0, 0.05) is 12.5 Å². The summed E-state index contributed by atoms with van der Waals surface area (Å²) in [5.41, 5.74) is 0. The molecule has 0 spiro atoms. The molecular weight excluding hydrogens is 218 g/mol. The summed E-state index contributed by atoms with van der Waals surface area (Å²) in [5, 5.41) is 7.29. The van der Waals surface area contributed by atoms with E-state index in [1.54, 1.807) is 0 Å². The van der Waals surface area contributed by atoms with E-state index in [1.165, 1.54) is 0 Å². The average molecular weight is 239 g/mol. The number of nitrogens with zero attached hydrogens (tertiary/aromatic N) is 2. The van der Waals surface area contributed by atoms with Gasteiger partial charge in [0.15, 0.2) is 0 Å². The van der Waals surface area contributed by atoms with Gasteiger partial charge in [-0.25, -0.2) is 0 Å². The first-order valence-corrected chi connectivity index (χ1v) is 6.42. The molecule has 2 atom stereocenters. The molecule has 0 aromatic carbocycles. The molecule has 1 fully saturated rings. The van der Waals surface area contributed by atoms with Crippen LogP contribution in [0.2, 0.25) is 0 Å². The lowest BCUT2D eigenvalue weighted by atomic mass is 9.89. The van der Waals surface area contributed by atoms with Crippen LogP contribution < -0.4 is 5.32 Å². The van der Waals surface area contributed by atoms with Crippen LogP contribution in [0, 0.1) is 5.92 Å². The zero-order valence-electron chi connectivity index (χ0n) is 10.8. The van der Waals surface area contributed by atoms with Gasteiger partial charge in [0.25, 0.3) is 0 Å². The molecular formula is C12H21N3O2. The zero-order valence-corrected chi connectivity index (χ0v) is 10.8. The fraction of sp³-hybridized carbons (Fsp3) is 0.833. The summed E-state index contributed by atoms with van der Waals surface area (Å²) in [6.07, 6.45) is 0.829. The van der Waals surface area contributed by atoms with Gasteiger partial charge in [-0.2, -0.15) is 4.98 Å². The molecule has 1 aliphatic rings. The van der Waals surface area contributed by atoms with Crippen molar-refractivity contribution in [2.75, 3.05) is 19.7 Å². The quantitative estimate of drug-likeness (QED) is 0.821. The summed E-state index contributed by atoms with van der Waals surface area (Å²) in [4.78, 5) is 4.47. The lowest BCUT2D eigenvalue weighted by Crippen LogP contribution is -2.44. The molecule has 1 aliphatic heterocycles. The van der Waals surface area contributed by atoms with Crippen LogP contribution in [-0.2, 0) is 4.74 Å². The van der Waals surface area contributed by atoms with Gasteiger partial charge in [-0.15, -0.1) is 0 Å². The van der Waals surface area contributed by atoms with Crippen LogP contribution >= 0.6 is 0 Å². The highest BCUT2D eigenvalue weighted by Crippen LogP contribution is 2.27. The summed E-state index contributed by atoms with van der Waals surface area (Å²) < 4.78 is 10.9. The molecule has 1 aromatic heterocycles. The Kier molecular flexibility index (Phi) is 4.12. The number of rotatable bonds is 6. The minimum atomic E-state index is -0.0378. The van der Waals surface area contributed by atoms with Gasteiger partial charge in [-0.1, -0.05) is 19.0 Å². The Hall–Kier alpha value is -0.940. The third-order valence-corrected chi connectivity index (χ3v) is 3.39. The highest BCUT2D eigenvalue weighted by Gasteiger charge is 2.29. The third-order valence-electron chi connectivity index (χ3n) is 3.39. The van der Waals surface area contributed by atoms with Gasteiger partial charge in [0.05, 0.1) is 0 Å². The first kappa shape index (κ1) is 12.5. The van der Waals surface area contributed by atoms with E-state index >= 15 is 0 Å². The van der Waals surface area contributed by atoms with Crippen LogP contribution in [0.5, 0.6) is 0 Å². The Morgan fingerprint density at radius 2 is 2.24 bits per heavy atom. The summed E-state index contributed by atoms with van der Waals surface area (Å²) in [6.45, 7) is 8.94. The van der Waals surface area contributed by atoms with Gasteiger partial charge >= 0.3 is 0 Å². The van der Waals surface area contributed by atoms with Gasteiger partial charge in [-0.3, -0.25) is 0 Å². The molecule has 0 amide bonds. The van der Waals surface area contributed by atoms with Crippen molar-refractivity contribution < 1.29 is 9.26 Å². The zero-order chi connectivity index (χ0) is 12.3. The molecule has 0 aliphatic carbocycles. The molecule has 2 heterocycles. The van der Waals surface area contributed by atoms with Crippen molar-refractivity contribution in [3.63, 3.8) is 0 Å². The van der Waals surface area contributed by atoms with Crippen LogP contribution in [0.25, 0.3) is 0 Å². The first-order valence-electron chi connectivity index (χ1n) is 6.42. The van der Waals surface area contributed by atoms with Crippen molar-refractivity contribution in [2.45, 2.75) is 39.2 Å². The predicted octanol–water partition coefficient (Wildman–Crippen LogP) is 1.88. The largest absolute Gasteiger partial charge is 0.370 e. The molecule has 96 valence electrons. The van der Waals surface area contributed by atoms with Crippen LogP contribution in [-0.4, -0.2) is 29.8 Å². The molecule has 1 N–H and O–H groups in total. The second-order valence-corrected chi connectivity index (χ2v) is 4.55. The monoisotopic (exact) mass is 239 g/mol. The lowest BCUT2D eigenvalue weighted by molar-refractivity contribution is 0.0518. The Morgan fingerprint density at radius 1 is 1.47 bits per heavy atom. The van der Waals surface area contributed by atoms with Crippen molar-refractivity contribution in [1.29, 1.82) is 0 Å². The highest BCUT2D eigenvalue weighted by atomic mass is 16.5. The lowest BCUT2D eigenvalue weighted by Gasteiger charge is -2.30. The second kappa shape index (κ2) is 5.60. The van der Waals surface area contributed by atoms with Gasteiger partial charge in [0.2, 0.25) is 11.7 Å². The summed E-state index contributed by atoms with van der Waals surface area (Å²) >= 11 is 0. The van der Waals surface area contributed by atoms with E-state index < -0.39 is 0 Å². The van der Waals surface area contributed by atoms with Crippen molar-refractivity contribution in [1.82, 2.24) is 15.5 Å². The van der Waals surface area contributed by atoms with E-state index in [-0.39, 0.29) is 6.10 Å². The molecule has 1 saturated heterocycles. The Morgan fingerprint density at radius 3 is 2.76 bits per heavy atom. The van der Waals surface area contributed by atoms with Crippen molar-refractivity contribution in [2.24, 2.45) is 5.92 Å². The minimum Gasteiger partial charge on any atom is -0.370 e. The van der Waals surface area contributed by atoms with E-state index in [0.717, 1.165) is 25.4 Å². The number of ether oxygens (including phenoxy) is 1. The van der Waals surface area contributed by atoms with Crippen molar-refractivity contribution in [3.8, 4) is 0 Å². The van der Waals surface area contributed by atoms with Crippen LogP contribution in [0.4, 0.5) is 0 Å². The van der Waals surface area contributed by atoms with E-state index in [0.29, 0.717) is 24.3 Å². The SMILES string of the molecule is CCOC(CC)c1noc(C(C)C2CNC2)n1. The molecule has 0 bridgehead atoms. The Balaban J connectivity index is 2.03. The minimum absolute atomic E-state index is 0.0378. The predicted molar refractivity (Wildman–Crippen MR) is 63.7 cm³/mol. The van der Waals surface area contributed by atoms with Crippen LogP contribution in [0.3, 0.4) is 0 Å². The molecule has 2 rings (SSSR count). The van der Waals surface area contributed by atoms with Gasteiger partial charge in [0.1, 0.15) is 6.10 Å². The van der Waals surface area contributed by atoms with E-state index in [4.69, 9.17) is 9.26 Å². The highest BCUT2D eigenvalue weighted by molar-refractivity contribution is 5.00. The average Bonchev–Trinajstić information content (AvgIpc) is 2.72. The van der Waals surface area contributed by atoms with E-state index in [2.05, 4.69) is 29.3 Å². The fourth-order valence-corrected chi connectivity index (χ4v) is 2.01. The van der Waals surface area contributed by atoms with Gasteiger partial charge in [-0.05, 0) is 32.4 Å². The molecule has 17 heavy (non-hydrogen) atoms. The van der Waals surface area contributed by atoms with Crippen LogP contribution in [0.15, 0.2) is 4.52 Å². The molecule has 5 heteroatoms. The molecule has 5 nitrogen and oxygen atoms in total. The molecule has 2 unspecified atom stereocenters. The Labute approximate surface area is 102 Å². The van der Waals surface area contributed by atoms with Crippen molar-refractivity contribution in [3.05, 3.63) is 11.7 Å². The standard InChI is InChI=1S/C12H21N3O2/c1-4-10(16-5-2)11-14-12(17-15-11)8(3)9-6-13-7-9/h8-10,13H,4-7H2,1-3H3.